The lowest BCUT2D eigenvalue weighted by atomic mass is 9.95. The van der Waals surface area contributed by atoms with Crippen LogP contribution in [0.5, 0.6) is 0 Å². The quantitative estimate of drug-likeness (QED) is 0.449. The Morgan fingerprint density at radius 1 is 1.43 bits per heavy atom. The van der Waals surface area contributed by atoms with E-state index < -0.39 is 0 Å². The van der Waals surface area contributed by atoms with Gasteiger partial charge in [-0.2, -0.15) is 0 Å². The van der Waals surface area contributed by atoms with Crippen LogP contribution in [0, 0.1) is 0 Å². The van der Waals surface area contributed by atoms with Gasteiger partial charge in [0, 0.05) is 13.0 Å². The van der Waals surface area contributed by atoms with E-state index in [1.807, 2.05) is 4.57 Å². The Kier molecular flexibility index (Phi) is 8.06. The zero-order valence-electron chi connectivity index (χ0n) is 9.45. The third-order valence-electron chi connectivity index (χ3n) is 2.62. The normalized spacial score (nSPS) is 17.3. The number of hydrogen-bond donors (Lipinski definition) is 1. The summed E-state index contributed by atoms with van der Waals surface area (Å²) in [7, 11) is 1.54. The molecule has 0 aliphatic heterocycles. The molecule has 0 atom stereocenters. The van der Waals surface area contributed by atoms with Gasteiger partial charge in [0.15, 0.2) is 10.5 Å². The largest absolute Gasteiger partial charge is 0.376 e. The fraction of sp³-hybridized carbons (Fsp3) is 0.875. The van der Waals surface area contributed by atoms with Crippen LogP contribution < -0.4 is 5.90 Å². The molecule has 0 aromatic carbocycles. The van der Waals surface area contributed by atoms with Crippen LogP contribution in [0.25, 0.3) is 0 Å². The minimum absolute atomic E-state index is 0.267. The second kappa shape index (κ2) is 8.16. The predicted molar refractivity (Wildman–Crippen MR) is 64.5 cm³/mol. The molecule has 0 bridgehead atoms. The Morgan fingerprint density at radius 2 is 1.86 bits per heavy atom. The first-order valence-corrected chi connectivity index (χ1v) is 6.80. The summed E-state index contributed by atoms with van der Waals surface area (Å²) < 4.78 is 5.92. The fourth-order valence-electron chi connectivity index (χ4n) is 1.73. The van der Waals surface area contributed by atoms with Gasteiger partial charge in [0.25, 0.3) is 0 Å². The zero-order chi connectivity index (χ0) is 11.0. The topological polar surface area (TPSA) is 55.6 Å². The van der Waals surface area contributed by atoms with Gasteiger partial charge in [-0.15, -0.1) is 0 Å². The third kappa shape index (κ3) is 5.53. The highest BCUT2D eigenvalue weighted by molar-refractivity contribution is 6.14. The monoisotopic (exact) mass is 234 g/mol. The number of carbonyl (C=O) groups excluding carboxylic acids is 1. The first-order chi connectivity index (χ1) is 6.63. The van der Waals surface area contributed by atoms with Gasteiger partial charge in [-0.3, -0.25) is 4.79 Å². The standard InChI is InChI=1S/C8H17NOSi.H5NOSi/c1-7(10)9(11)8-5-3-2-4-6-8;1-2-3/h8H,2-6H2,1,11H3;1H2,3H3. The van der Waals surface area contributed by atoms with Crippen LogP contribution in [0.3, 0.4) is 0 Å². The summed E-state index contributed by atoms with van der Waals surface area (Å²) in [5.74, 6) is 4.68. The van der Waals surface area contributed by atoms with Crippen molar-refractivity contribution >= 4 is 26.8 Å². The van der Waals surface area contributed by atoms with Gasteiger partial charge >= 0.3 is 0 Å². The highest BCUT2D eigenvalue weighted by atomic mass is 28.2. The van der Waals surface area contributed by atoms with Gasteiger partial charge in [0.1, 0.15) is 10.4 Å². The van der Waals surface area contributed by atoms with E-state index in [9.17, 15) is 4.79 Å². The lowest BCUT2D eigenvalue weighted by Crippen LogP contribution is -2.37. The summed E-state index contributed by atoms with van der Waals surface area (Å²) in [5, 5.41) is 0. The maximum Gasteiger partial charge on any atom is 0.211 e. The molecule has 1 aliphatic carbocycles. The molecule has 2 N–H and O–H groups in total. The van der Waals surface area contributed by atoms with Gasteiger partial charge in [0.05, 0.1) is 0 Å². The molecule has 84 valence electrons. The van der Waals surface area contributed by atoms with E-state index in [0.717, 1.165) is 10.4 Å². The van der Waals surface area contributed by atoms with Crippen molar-refractivity contribution in [2.45, 2.75) is 45.1 Å². The number of rotatable bonds is 1. The first kappa shape index (κ1) is 13.8. The first-order valence-electron chi connectivity index (χ1n) is 5.09. The Morgan fingerprint density at radius 3 is 2.21 bits per heavy atom. The minimum atomic E-state index is 0.267. The summed E-state index contributed by atoms with van der Waals surface area (Å²) in [5.41, 5.74) is 0. The van der Waals surface area contributed by atoms with Crippen molar-refractivity contribution in [2.24, 2.45) is 5.90 Å². The molecular weight excluding hydrogens is 212 g/mol. The van der Waals surface area contributed by atoms with Crippen LogP contribution in [0.1, 0.15) is 39.0 Å². The summed E-state index contributed by atoms with van der Waals surface area (Å²) in [6.07, 6.45) is 6.48. The molecule has 0 unspecified atom stereocenters. The van der Waals surface area contributed by atoms with Crippen LogP contribution in [-0.4, -0.2) is 37.4 Å². The van der Waals surface area contributed by atoms with Crippen LogP contribution >= 0.6 is 0 Å². The summed E-state index contributed by atoms with van der Waals surface area (Å²) in [6.45, 7) is 1.68. The molecule has 14 heavy (non-hydrogen) atoms. The molecule has 0 aromatic heterocycles. The lowest BCUT2D eigenvalue weighted by molar-refractivity contribution is -0.126. The van der Waals surface area contributed by atoms with Crippen molar-refractivity contribution in [3.8, 4) is 0 Å². The van der Waals surface area contributed by atoms with Crippen LogP contribution in [0.15, 0.2) is 0 Å². The average Bonchev–Trinajstić information content (AvgIpc) is 2.19. The van der Waals surface area contributed by atoms with E-state index in [0.29, 0.717) is 16.5 Å². The van der Waals surface area contributed by atoms with E-state index >= 15 is 0 Å². The molecule has 1 fully saturated rings. The van der Waals surface area contributed by atoms with Crippen molar-refractivity contribution in [2.75, 3.05) is 0 Å². The van der Waals surface area contributed by atoms with Crippen molar-refractivity contribution in [1.82, 2.24) is 4.57 Å². The number of amides is 1. The van der Waals surface area contributed by atoms with E-state index in [1.54, 1.807) is 6.92 Å². The molecule has 1 amide bonds. The van der Waals surface area contributed by atoms with Crippen molar-refractivity contribution in [3.05, 3.63) is 0 Å². The maximum atomic E-state index is 11.0. The smallest absolute Gasteiger partial charge is 0.211 e. The molecule has 4 nitrogen and oxygen atoms in total. The third-order valence-corrected chi connectivity index (χ3v) is 3.98. The lowest BCUT2D eigenvalue weighted by Gasteiger charge is -2.30. The molecule has 0 radical (unpaired) electrons. The van der Waals surface area contributed by atoms with E-state index in [4.69, 9.17) is 0 Å². The van der Waals surface area contributed by atoms with Crippen molar-refractivity contribution in [1.29, 1.82) is 0 Å². The van der Waals surface area contributed by atoms with Crippen LogP contribution in [0.2, 0.25) is 0 Å². The van der Waals surface area contributed by atoms with E-state index in [2.05, 4.69) is 10.4 Å². The second-order valence-corrected chi connectivity index (χ2v) is 5.09. The number of nitrogens with two attached hydrogens (primary N) is 1. The predicted octanol–water partition coefficient (Wildman–Crippen LogP) is -1.39. The summed E-state index contributed by atoms with van der Waals surface area (Å²) in [6, 6.07) is 0.591. The Hall–Kier alpha value is -0.176. The Balaban J connectivity index is 0.000000500. The molecular formula is C8H22N2O2Si2. The van der Waals surface area contributed by atoms with E-state index in [-0.39, 0.29) is 5.91 Å². The van der Waals surface area contributed by atoms with Gasteiger partial charge in [0.2, 0.25) is 5.91 Å². The number of hydrogen-bond acceptors (Lipinski definition) is 3. The maximum absolute atomic E-state index is 11.0. The highest BCUT2D eigenvalue weighted by Crippen LogP contribution is 2.21. The second-order valence-electron chi connectivity index (χ2n) is 3.66. The van der Waals surface area contributed by atoms with Crippen LogP contribution in [0.4, 0.5) is 0 Å². The van der Waals surface area contributed by atoms with E-state index in [1.165, 1.54) is 32.1 Å². The fourth-order valence-corrected chi connectivity index (χ4v) is 2.24. The van der Waals surface area contributed by atoms with Gasteiger partial charge in [-0.25, -0.2) is 5.90 Å². The molecule has 6 heteroatoms. The molecule has 0 aromatic rings. The SMILES string of the molecule is CC(=O)N([SiH3])C1CCCCC1.NO[SiH3]. The molecule has 1 rings (SSSR count). The number of carbonyl (C=O) groups is 1. The summed E-state index contributed by atoms with van der Waals surface area (Å²) in [4.78, 5) is 11.0. The molecule has 1 aliphatic rings. The van der Waals surface area contributed by atoms with Crippen LogP contribution in [-0.2, 0) is 9.32 Å². The minimum Gasteiger partial charge on any atom is -0.376 e. The molecule has 0 spiro atoms. The average molecular weight is 234 g/mol. The van der Waals surface area contributed by atoms with Crippen molar-refractivity contribution in [3.63, 3.8) is 0 Å². The van der Waals surface area contributed by atoms with Crippen molar-refractivity contribution < 1.29 is 9.32 Å². The summed E-state index contributed by atoms with van der Waals surface area (Å²) >= 11 is 0. The molecule has 1 saturated carbocycles. The number of nitrogens with zero attached hydrogens (tertiary/aromatic N) is 1. The van der Waals surface area contributed by atoms with Gasteiger partial charge in [-0.05, 0) is 12.8 Å². The molecule has 0 saturated heterocycles. The van der Waals surface area contributed by atoms with Gasteiger partial charge in [-0.1, -0.05) is 19.3 Å². The Labute approximate surface area is 92.2 Å². The van der Waals surface area contributed by atoms with Gasteiger partial charge < -0.3 is 9.09 Å². The molecule has 0 heterocycles. The highest BCUT2D eigenvalue weighted by Gasteiger charge is 2.18. The Bertz CT molecular complexity index is 163. The zero-order valence-corrected chi connectivity index (χ0v) is 13.5.